The van der Waals surface area contributed by atoms with Crippen LogP contribution in [-0.4, -0.2) is 55.9 Å². The van der Waals surface area contributed by atoms with Crippen LogP contribution in [0, 0.1) is 0 Å². The molecule has 0 bridgehead atoms. The molecule has 9 heteroatoms. The summed E-state index contributed by atoms with van der Waals surface area (Å²) in [6.07, 6.45) is -0.649. The number of amides is 1. The summed E-state index contributed by atoms with van der Waals surface area (Å²) in [5.74, 6) is 0.764. The van der Waals surface area contributed by atoms with E-state index in [1.54, 1.807) is 36.4 Å². The molecule has 0 aliphatic carbocycles. The highest BCUT2D eigenvalue weighted by atomic mass is 35.5. The van der Waals surface area contributed by atoms with Crippen molar-refractivity contribution in [2.24, 2.45) is 0 Å². The second-order valence-electron chi connectivity index (χ2n) is 6.95. The van der Waals surface area contributed by atoms with Crippen LogP contribution in [0.2, 0.25) is 15.1 Å². The lowest BCUT2D eigenvalue weighted by Crippen LogP contribution is -2.53. The summed E-state index contributed by atoms with van der Waals surface area (Å²) in [6.45, 7) is 1.73. The van der Waals surface area contributed by atoms with Gasteiger partial charge in [0.05, 0.1) is 16.1 Å². The van der Waals surface area contributed by atoms with Gasteiger partial charge >= 0.3 is 0 Å². The number of nitrogens with one attached hydrogen (secondary N) is 1. The largest absolute Gasteiger partial charge is 0.492 e. The Balaban J connectivity index is 1.36. The van der Waals surface area contributed by atoms with E-state index in [-0.39, 0.29) is 19.1 Å². The van der Waals surface area contributed by atoms with Crippen molar-refractivity contribution in [2.75, 3.05) is 32.8 Å². The molecule has 1 N–H and O–H groups in total. The number of alkyl halides is 1. The lowest BCUT2D eigenvalue weighted by molar-refractivity contribution is -0.124. The van der Waals surface area contributed by atoms with E-state index in [0.717, 1.165) is 5.75 Å². The molecule has 2 atom stereocenters. The molecule has 30 heavy (non-hydrogen) atoms. The molecule has 0 spiro atoms. The number of halogens is 4. The van der Waals surface area contributed by atoms with Crippen molar-refractivity contribution >= 4 is 40.7 Å². The van der Waals surface area contributed by atoms with Crippen molar-refractivity contribution in [2.45, 2.75) is 18.6 Å². The molecular weight excluding hydrogens is 454 g/mol. The van der Waals surface area contributed by atoms with E-state index >= 15 is 0 Å². The standard InChI is InChI=1S/C21H22Cl3FN2O3/c22-14-1-3-15(4-2-14)29-10-9-27-8-7-20(19(25)12-27)26-21(28)13-30-16-5-6-17(23)18(24)11-16/h1-6,11,19-20H,7-10,12-13H2,(H,26,28). The Kier molecular flexibility index (Phi) is 8.45. The van der Waals surface area contributed by atoms with Crippen LogP contribution in [0.4, 0.5) is 4.39 Å². The second kappa shape index (κ2) is 11.0. The summed E-state index contributed by atoms with van der Waals surface area (Å²) in [5, 5.41) is 4.09. The normalized spacial score (nSPS) is 19.3. The van der Waals surface area contributed by atoms with Crippen molar-refractivity contribution in [1.29, 1.82) is 0 Å². The third kappa shape index (κ3) is 6.91. The number of ether oxygens (including phenoxy) is 2. The zero-order chi connectivity index (χ0) is 21.5. The molecule has 1 aliphatic heterocycles. The lowest BCUT2D eigenvalue weighted by atomic mass is 10.0. The summed E-state index contributed by atoms with van der Waals surface area (Å²) >= 11 is 17.6. The summed E-state index contributed by atoms with van der Waals surface area (Å²) in [7, 11) is 0. The smallest absolute Gasteiger partial charge is 0.258 e. The number of hydrogen-bond acceptors (Lipinski definition) is 4. The fraction of sp³-hybridized carbons (Fsp3) is 0.381. The third-order valence-electron chi connectivity index (χ3n) is 4.72. The highest BCUT2D eigenvalue weighted by molar-refractivity contribution is 6.42. The average Bonchev–Trinajstić information content (AvgIpc) is 2.72. The van der Waals surface area contributed by atoms with Crippen molar-refractivity contribution in [3.8, 4) is 11.5 Å². The van der Waals surface area contributed by atoms with Crippen LogP contribution in [-0.2, 0) is 4.79 Å². The maximum atomic E-state index is 14.5. The lowest BCUT2D eigenvalue weighted by Gasteiger charge is -2.34. The fourth-order valence-electron chi connectivity index (χ4n) is 3.12. The van der Waals surface area contributed by atoms with Gasteiger partial charge in [-0.05, 0) is 42.8 Å². The van der Waals surface area contributed by atoms with Gasteiger partial charge in [-0.3, -0.25) is 9.69 Å². The highest BCUT2D eigenvalue weighted by Crippen LogP contribution is 2.26. The van der Waals surface area contributed by atoms with Crippen molar-refractivity contribution in [1.82, 2.24) is 10.2 Å². The minimum absolute atomic E-state index is 0.222. The number of hydrogen-bond donors (Lipinski definition) is 1. The van der Waals surface area contributed by atoms with Gasteiger partial charge in [0.2, 0.25) is 0 Å². The molecule has 3 rings (SSSR count). The van der Waals surface area contributed by atoms with Crippen LogP contribution in [0.25, 0.3) is 0 Å². The van der Waals surface area contributed by atoms with Crippen LogP contribution in [0.3, 0.4) is 0 Å². The van der Waals surface area contributed by atoms with E-state index in [2.05, 4.69) is 5.32 Å². The van der Waals surface area contributed by atoms with E-state index in [4.69, 9.17) is 44.3 Å². The van der Waals surface area contributed by atoms with Gasteiger partial charge in [0.1, 0.15) is 24.3 Å². The molecule has 162 valence electrons. The van der Waals surface area contributed by atoms with E-state index in [1.165, 1.54) is 6.07 Å². The minimum Gasteiger partial charge on any atom is -0.492 e. The minimum atomic E-state index is -1.16. The topological polar surface area (TPSA) is 50.8 Å². The molecular formula is C21H22Cl3FN2O3. The van der Waals surface area contributed by atoms with Crippen molar-refractivity contribution in [3.05, 3.63) is 57.5 Å². The molecule has 1 fully saturated rings. The van der Waals surface area contributed by atoms with Crippen LogP contribution in [0.5, 0.6) is 11.5 Å². The predicted molar refractivity (Wildman–Crippen MR) is 117 cm³/mol. The monoisotopic (exact) mass is 474 g/mol. The number of carbonyl (C=O) groups is 1. The number of likely N-dealkylation sites (tertiary alicyclic amines) is 1. The Morgan fingerprint density at radius 1 is 1.07 bits per heavy atom. The quantitative estimate of drug-likeness (QED) is 0.605. The number of piperidine rings is 1. The molecule has 0 saturated carbocycles. The summed E-state index contributed by atoms with van der Waals surface area (Å²) in [4.78, 5) is 14.1. The first-order chi connectivity index (χ1) is 14.4. The Morgan fingerprint density at radius 2 is 1.80 bits per heavy atom. The van der Waals surface area contributed by atoms with Crippen molar-refractivity contribution in [3.63, 3.8) is 0 Å². The second-order valence-corrected chi connectivity index (χ2v) is 8.20. The predicted octanol–water partition coefficient (Wildman–Crippen LogP) is 4.63. The van der Waals surface area contributed by atoms with Gasteiger partial charge in [0.15, 0.2) is 6.61 Å². The summed E-state index contributed by atoms with van der Waals surface area (Å²) < 4.78 is 25.6. The SMILES string of the molecule is O=C(COc1ccc(Cl)c(Cl)c1)NC1CCN(CCOc2ccc(Cl)cc2)CC1F. The molecule has 2 aromatic carbocycles. The fourth-order valence-corrected chi connectivity index (χ4v) is 3.53. The van der Waals surface area contributed by atoms with Gasteiger partial charge in [-0.25, -0.2) is 4.39 Å². The van der Waals surface area contributed by atoms with Crippen molar-refractivity contribution < 1.29 is 18.7 Å². The van der Waals surface area contributed by atoms with E-state index in [0.29, 0.717) is 46.9 Å². The van der Waals surface area contributed by atoms with E-state index < -0.39 is 12.2 Å². The molecule has 2 aromatic rings. The number of rotatable bonds is 8. The average molecular weight is 476 g/mol. The maximum Gasteiger partial charge on any atom is 0.258 e. The summed E-state index contributed by atoms with van der Waals surface area (Å²) in [5.41, 5.74) is 0. The molecule has 1 aliphatic rings. The van der Waals surface area contributed by atoms with Gasteiger partial charge in [-0.1, -0.05) is 34.8 Å². The molecule has 1 saturated heterocycles. The zero-order valence-electron chi connectivity index (χ0n) is 16.1. The molecule has 1 heterocycles. The van der Waals surface area contributed by atoms with Crippen LogP contribution < -0.4 is 14.8 Å². The first-order valence-corrected chi connectivity index (χ1v) is 10.7. The third-order valence-corrected chi connectivity index (χ3v) is 5.71. The Morgan fingerprint density at radius 3 is 2.50 bits per heavy atom. The Bertz CT molecular complexity index is 854. The molecule has 0 radical (unpaired) electrons. The number of benzene rings is 2. The Labute approximate surface area is 190 Å². The van der Waals surface area contributed by atoms with Crippen LogP contribution >= 0.6 is 34.8 Å². The first kappa shape index (κ1) is 22.9. The highest BCUT2D eigenvalue weighted by Gasteiger charge is 2.30. The van der Waals surface area contributed by atoms with Crippen LogP contribution in [0.1, 0.15) is 6.42 Å². The summed E-state index contributed by atoms with van der Waals surface area (Å²) in [6, 6.07) is 11.3. The van der Waals surface area contributed by atoms with Gasteiger partial charge in [-0.15, -0.1) is 0 Å². The zero-order valence-corrected chi connectivity index (χ0v) is 18.4. The molecule has 1 amide bonds. The van der Waals surface area contributed by atoms with Gasteiger partial charge in [0, 0.05) is 30.7 Å². The molecule has 5 nitrogen and oxygen atoms in total. The number of carbonyl (C=O) groups excluding carboxylic acids is 1. The van der Waals surface area contributed by atoms with Gasteiger partial charge < -0.3 is 14.8 Å². The van der Waals surface area contributed by atoms with E-state index in [1.807, 2.05) is 4.90 Å². The first-order valence-electron chi connectivity index (χ1n) is 9.53. The van der Waals surface area contributed by atoms with E-state index in [9.17, 15) is 9.18 Å². The van der Waals surface area contributed by atoms with Gasteiger partial charge in [-0.2, -0.15) is 0 Å². The maximum absolute atomic E-state index is 14.5. The van der Waals surface area contributed by atoms with Gasteiger partial charge in [0.25, 0.3) is 5.91 Å². The van der Waals surface area contributed by atoms with Crippen LogP contribution in [0.15, 0.2) is 42.5 Å². The molecule has 0 aromatic heterocycles. The Hall–Kier alpha value is -1.73. The molecule has 2 unspecified atom stereocenters. The number of nitrogens with zero attached hydrogens (tertiary/aromatic N) is 1.